The molecule has 6 heteroatoms. The number of pyridine rings is 1. The van der Waals surface area contributed by atoms with Crippen LogP contribution in [0, 0.1) is 6.92 Å². The van der Waals surface area contributed by atoms with Crippen molar-refractivity contribution in [2.24, 2.45) is 0 Å². The SMILES string of the molecule is Cc1cncc(Br)c1NCC1COC2(CCOCC2)O1. The summed E-state index contributed by atoms with van der Waals surface area (Å²) in [6.07, 6.45) is 5.36. The molecule has 1 aromatic rings. The Bertz CT molecular complexity index is 457. The van der Waals surface area contributed by atoms with Crippen molar-refractivity contribution >= 4 is 21.6 Å². The van der Waals surface area contributed by atoms with Gasteiger partial charge in [-0.1, -0.05) is 0 Å². The summed E-state index contributed by atoms with van der Waals surface area (Å²) < 4.78 is 18.3. The number of hydrogen-bond acceptors (Lipinski definition) is 5. The number of rotatable bonds is 3. The lowest BCUT2D eigenvalue weighted by Gasteiger charge is -2.31. The molecule has 0 aromatic carbocycles. The van der Waals surface area contributed by atoms with Crippen molar-refractivity contribution < 1.29 is 14.2 Å². The van der Waals surface area contributed by atoms with Gasteiger partial charge in [0.15, 0.2) is 5.79 Å². The molecule has 2 aliphatic heterocycles. The second-order valence-corrected chi connectivity index (χ2v) is 6.12. The lowest BCUT2D eigenvalue weighted by atomic mass is 10.1. The van der Waals surface area contributed by atoms with Crippen LogP contribution in [0.1, 0.15) is 18.4 Å². The summed E-state index contributed by atoms with van der Waals surface area (Å²) in [4.78, 5) is 4.14. The van der Waals surface area contributed by atoms with Gasteiger partial charge in [-0.05, 0) is 28.4 Å². The van der Waals surface area contributed by atoms with Gasteiger partial charge in [0.2, 0.25) is 0 Å². The van der Waals surface area contributed by atoms with E-state index in [1.165, 1.54) is 0 Å². The first kappa shape index (κ1) is 14.3. The predicted octanol–water partition coefficient (Wildman–Crippen LogP) is 2.49. The maximum Gasteiger partial charge on any atom is 0.173 e. The fourth-order valence-corrected chi connectivity index (χ4v) is 3.20. The van der Waals surface area contributed by atoms with E-state index in [-0.39, 0.29) is 6.10 Å². The maximum atomic E-state index is 6.10. The predicted molar refractivity (Wildman–Crippen MR) is 78.8 cm³/mol. The zero-order valence-corrected chi connectivity index (χ0v) is 13.1. The molecule has 2 aliphatic rings. The van der Waals surface area contributed by atoms with Crippen LogP contribution in [0.4, 0.5) is 5.69 Å². The summed E-state index contributed by atoms with van der Waals surface area (Å²) >= 11 is 3.51. The van der Waals surface area contributed by atoms with Crippen LogP contribution < -0.4 is 5.32 Å². The highest BCUT2D eigenvalue weighted by molar-refractivity contribution is 9.10. The fourth-order valence-electron chi connectivity index (χ4n) is 2.63. The maximum absolute atomic E-state index is 6.10. The highest BCUT2D eigenvalue weighted by Gasteiger charge is 2.42. The normalized spacial score (nSPS) is 25.0. The van der Waals surface area contributed by atoms with Crippen LogP contribution in [0.3, 0.4) is 0 Å². The second-order valence-electron chi connectivity index (χ2n) is 5.27. The summed E-state index contributed by atoms with van der Waals surface area (Å²) in [6, 6.07) is 0. The zero-order chi connectivity index (χ0) is 14.0. The smallest absolute Gasteiger partial charge is 0.173 e. The summed E-state index contributed by atoms with van der Waals surface area (Å²) in [5, 5.41) is 3.42. The molecule has 3 heterocycles. The van der Waals surface area contributed by atoms with Gasteiger partial charge in [0.25, 0.3) is 0 Å². The van der Waals surface area contributed by atoms with Crippen LogP contribution in [0.5, 0.6) is 0 Å². The number of nitrogens with zero attached hydrogens (tertiary/aromatic N) is 1. The Morgan fingerprint density at radius 3 is 2.95 bits per heavy atom. The summed E-state index contributed by atoms with van der Waals surface area (Å²) in [6.45, 7) is 4.83. The molecule has 110 valence electrons. The molecule has 1 spiro atoms. The van der Waals surface area contributed by atoms with Crippen LogP contribution >= 0.6 is 15.9 Å². The van der Waals surface area contributed by atoms with E-state index >= 15 is 0 Å². The van der Waals surface area contributed by atoms with Gasteiger partial charge in [0, 0.05) is 31.8 Å². The molecule has 20 heavy (non-hydrogen) atoms. The molecule has 0 bridgehead atoms. The van der Waals surface area contributed by atoms with E-state index in [1.807, 2.05) is 13.1 Å². The highest BCUT2D eigenvalue weighted by atomic mass is 79.9. The minimum atomic E-state index is -0.408. The molecule has 3 rings (SSSR count). The van der Waals surface area contributed by atoms with Crippen LogP contribution in [-0.2, 0) is 14.2 Å². The first-order valence-corrected chi connectivity index (χ1v) is 7.71. The van der Waals surface area contributed by atoms with Gasteiger partial charge < -0.3 is 19.5 Å². The Balaban J connectivity index is 1.57. The third-order valence-corrected chi connectivity index (χ3v) is 4.37. The van der Waals surface area contributed by atoms with E-state index in [1.54, 1.807) is 6.20 Å². The molecule has 0 saturated carbocycles. The van der Waals surface area contributed by atoms with E-state index in [0.717, 1.165) is 48.3 Å². The summed E-state index contributed by atoms with van der Waals surface area (Å²) in [5.41, 5.74) is 2.18. The molecule has 2 fully saturated rings. The van der Waals surface area contributed by atoms with E-state index in [2.05, 4.69) is 26.2 Å². The van der Waals surface area contributed by atoms with E-state index < -0.39 is 5.79 Å². The second kappa shape index (κ2) is 5.97. The highest BCUT2D eigenvalue weighted by Crippen LogP contribution is 2.33. The third-order valence-electron chi connectivity index (χ3n) is 3.76. The molecule has 5 nitrogen and oxygen atoms in total. The number of ether oxygens (including phenoxy) is 3. The van der Waals surface area contributed by atoms with E-state index in [4.69, 9.17) is 14.2 Å². The molecule has 1 atom stereocenters. The topological polar surface area (TPSA) is 52.6 Å². The van der Waals surface area contributed by atoms with Gasteiger partial charge in [-0.2, -0.15) is 0 Å². The molecule has 0 amide bonds. The average molecular weight is 343 g/mol. The largest absolute Gasteiger partial charge is 0.381 e. The van der Waals surface area contributed by atoms with Crippen molar-refractivity contribution in [3.63, 3.8) is 0 Å². The van der Waals surface area contributed by atoms with Crippen LogP contribution in [0.25, 0.3) is 0 Å². The van der Waals surface area contributed by atoms with Crippen molar-refractivity contribution in [1.82, 2.24) is 4.98 Å². The first-order chi connectivity index (χ1) is 9.69. The molecule has 1 aromatic heterocycles. The van der Waals surface area contributed by atoms with Crippen molar-refractivity contribution in [3.05, 3.63) is 22.4 Å². The number of aromatic nitrogens is 1. The van der Waals surface area contributed by atoms with Gasteiger partial charge in [-0.15, -0.1) is 0 Å². The van der Waals surface area contributed by atoms with Crippen molar-refractivity contribution in [3.8, 4) is 0 Å². The number of aryl methyl sites for hydroxylation is 1. The molecule has 2 saturated heterocycles. The minimum Gasteiger partial charge on any atom is -0.381 e. The third kappa shape index (κ3) is 2.98. The monoisotopic (exact) mass is 342 g/mol. The van der Waals surface area contributed by atoms with Gasteiger partial charge in [-0.25, -0.2) is 0 Å². The van der Waals surface area contributed by atoms with E-state index in [0.29, 0.717) is 6.61 Å². The Morgan fingerprint density at radius 2 is 2.20 bits per heavy atom. The van der Waals surface area contributed by atoms with Crippen LogP contribution in [0.15, 0.2) is 16.9 Å². The quantitative estimate of drug-likeness (QED) is 0.914. The molecule has 0 aliphatic carbocycles. The Hall–Kier alpha value is -0.690. The Labute approximate surface area is 127 Å². The fraction of sp³-hybridized carbons (Fsp3) is 0.643. The minimum absolute atomic E-state index is 0.0764. The molecule has 0 radical (unpaired) electrons. The van der Waals surface area contributed by atoms with Gasteiger partial charge in [0.05, 0.1) is 30.0 Å². The Kier molecular flexibility index (Phi) is 4.26. The lowest BCUT2D eigenvalue weighted by Crippen LogP contribution is -2.38. The van der Waals surface area contributed by atoms with Gasteiger partial charge in [-0.3, -0.25) is 4.98 Å². The number of nitrogens with one attached hydrogen (secondary N) is 1. The summed E-state index contributed by atoms with van der Waals surface area (Å²) in [7, 11) is 0. The zero-order valence-electron chi connectivity index (χ0n) is 11.5. The number of anilines is 1. The van der Waals surface area contributed by atoms with Gasteiger partial charge in [0.1, 0.15) is 6.10 Å². The standard InChI is InChI=1S/C14H19BrN2O3/c1-10-6-16-8-12(15)13(10)17-7-11-9-19-14(20-11)2-4-18-5-3-14/h6,8,11H,2-5,7,9H2,1H3,(H,16,17). The van der Waals surface area contributed by atoms with Crippen LogP contribution in [-0.4, -0.2) is 43.2 Å². The van der Waals surface area contributed by atoms with E-state index in [9.17, 15) is 0 Å². The average Bonchev–Trinajstić information content (AvgIpc) is 2.82. The molecular formula is C14H19BrN2O3. The van der Waals surface area contributed by atoms with Gasteiger partial charge >= 0.3 is 0 Å². The molecular weight excluding hydrogens is 324 g/mol. The first-order valence-electron chi connectivity index (χ1n) is 6.92. The lowest BCUT2D eigenvalue weighted by molar-refractivity contribution is -0.209. The Morgan fingerprint density at radius 1 is 1.40 bits per heavy atom. The number of halogens is 1. The van der Waals surface area contributed by atoms with Crippen molar-refractivity contribution in [2.75, 3.05) is 31.7 Å². The molecule has 1 unspecified atom stereocenters. The molecule has 1 N–H and O–H groups in total. The van der Waals surface area contributed by atoms with Crippen LogP contribution in [0.2, 0.25) is 0 Å². The summed E-state index contributed by atoms with van der Waals surface area (Å²) in [5.74, 6) is -0.408. The van der Waals surface area contributed by atoms with Crippen molar-refractivity contribution in [2.45, 2.75) is 31.7 Å². The van der Waals surface area contributed by atoms with Crippen molar-refractivity contribution in [1.29, 1.82) is 0 Å². The number of hydrogen-bond donors (Lipinski definition) is 1.